The summed E-state index contributed by atoms with van der Waals surface area (Å²) in [5, 5.41) is -0.219. The Kier molecular flexibility index (Phi) is 7.72. The SMILES string of the molecule is CCCCCCCOC(=O)C(C)([SiH3])C(C)C. The predicted molar refractivity (Wildman–Crippen MR) is 72.9 cm³/mol. The molecular formula is C13H28O2Si. The quantitative estimate of drug-likeness (QED) is 0.373. The Hall–Kier alpha value is -0.313. The van der Waals surface area contributed by atoms with Gasteiger partial charge in [-0.2, -0.15) is 0 Å². The lowest BCUT2D eigenvalue weighted by Gasteiger charge is -2.26. The van der Waals surface area contributed by atoms with Crippen molar-refractivity contribution in [2.24, 2.45) is 5.92 Å². The van der Waals surface area contributed by atoms with Gasteiger partial charge < -0.3 is 4.74 Å². The van der Waals surface area contributed by atoms with Gasteiger partial charge in [0.1, 0.15) is 0 Å². The molecule has 0 radical (unpaired) electrons. The van der Waals surface area contributed by atoms with Crippen LogP contribution in [0.4, 0.5) is 0 Å². The molecule has 0 saturated heterocycles. The first-order chi connectivity index (χ1) is 7.42. The second-order valence-electron chi connectivity index (χ2n) is 5.43. The highest BCUT2D eigenvalue weighted by Crippen LogP contribution is 2.32. The van der Waals surface area contributed by atoms with E-state index < -0.39 is 0 Å². The molecule has 0 spiro atoms. The number of esters is 1. The van der Waals surface area contributed by atoms with Gasteiger partial charge in [-0.25, -0.2) is 0 Å². The third kappa shape index (κ3) is 5.68. The molecule has 2 nitrogen and oxygen atoms in total. The second kappa shape index (κ2) is 7.88. The minimum atomic E-state index is -0.219. The van der Waals surface area contributed by atoms with E-state index in [0.29, 0.717) is 12.5 Å². The minimum absolute atomic E-state index is 0.00431. The van der Waals surface area contributed by atoms with Crippen molar-refractivity contribution in [3.05, 3.63) is 0 Å². The van der Waals surface area contributed by atoms with Gasteiger partial charge in [0.05, 0.1) is 11.6 Å². The van der Waals surface area contributed by atoms with E-state index in [4.69, 9.17) is 4.74 Å². The van der Waals surface area contributed by atoms with E-state index in [1.165, 1.54) is 25.7 Å². The van der Waals surface area contributed by atoms with Crippen molar-refractivity contribution in [2.45, 2.75) is 64.8 Å². The van der Waals surface area contributed by atoms with Crippen molar-refractivity contribution in [1.29, 1.82) is 0 Å². The van der Waals surface area contributed by atoms with Crippen molar-refractivity contribution < 1.29 is 9.53 Å². The number of unbranched alkanes of at least 4 members (excludes halogenated alkanes) is 4. The van der Waals surface area contributed by atoms with E-state index in [-0.39, 0.29) is 11.0 Å². The summed E-state index contributed by atoms with van der Waals surface area (Å²) in [6.45, 7) is 9.01. The Morgan fingerprint density at radius 2 is 1.81 bits per heavy atom. The van der Waals surface area contributed by atoms with Crippen LogP contribution in [0.5, 0.6) is 0 Å². The normalized spacial score (nSPS) is 15.1. The monoisotopic (exact) mass is 244 g/mol. The predicted octanol–water partition coefficient (Wildman–Crippen LogP) is 2.70. The Labute approximate surface area is 104 Å². The third-order valence-electron chi connectivity index (χ3n) is 3.45. The van der Waals surface area contributed by atoms with E-state index in [1.54, 1.807) is 0 Å². The van der Waals surface area contributed by atoms with Crippen LogP contribution in [0.15, 0.2) is 0 Å². The lowest BCUT2D eigenvalue weighted by Crippen LogP contribution is -2.28. The fraction of sp³-hybridized carbons (Fsp3) is 0.923. The molecule has 1 atom stereocenters. The van der Waals surface area contributed by atoms with Crippen molar-refractivity contribution in [1.82, 2.24) is 0 Å². The van der Waals surface area contributed by atoms with Crippen molar-refractivity contribution in [2.75, 3.05) is 6.61 Å². The summed E-state index contributed by atoms with van der Waals surface area (Å²) in [6, 6.07) is 0. The summed E-state index contributed by atoms with van der Waals surface area (Å²) in [7, 11) is 0.862. The number of carbonyl (C=O) groups excluding carboxylic acids is 1. The van der Waals surface area contributed by atoms with Gasteiger partial charge >= 0.3 is 5.97 Å². The molecule has 0 aromatic carbocycles. The Morgan fingerprint density at radius 3 is 2.31 bits per heavy atom. The summed E-state index contributed by atoms with van der Waals surface area (Å²) < 4.78 is 5.34. The topological polar surface area (TPSA) is 26.3 Å². The van der Waals surface area contributed by atoms with Crippen molar-refractivity contribution in [3.8, 4) is 0 Å². The summed E-state index contributed by atoms with van der Waals surface area (Å²) >= 11 is 0. The fourth-order valence-electron chi connectivity index (χ4n) is 1.29. The molecular weight excluding hydrogens is 216 g/mol. The first-order valence-corrected chi connectivity index (χ1v) is 7.60. The number of carbonyl (C=O) groups is 1. The summed E-state index contributed by atoms with van der Waals surface area (Å²) in [4.78, 5) is 11.8. The number of ether oxygens (including phenoxy) is 1. The van der Waals surface area contributed by atoms with E-state index >= 15 is 0 Å². The molecule has 0 fully saturated rings. The molecule has 0 aliphatic rings. The average molecular weight is 244 g/mol. The van der Waals surface area contributed by atoms with Gasteiger partial charge in [-0.05, 0) is 12.3 Å². The summed E-state index contributed by atoms with van der Waals surface area (Å²) in [6.07, 6.45) is 6.00. The van der Waals surface area contributed by atoms with Gasteiger partial charge in [-0.15, -0.1) is 0 Å². The van der Waals surface area contributed by atoms with Crippen LogP contribution in [0.2, 0.25) is 5.04 Å². The molecule has 0 aliphatic heterocycles. The first kappa shape index (κ1) is 15.7. The minimum Gasteiger partial charge on any atom is -0.466 e. The van der Waals surface area contributed by atoms with Gasteiger partial charge in [0.15, 0.2) is 0 Å². The van der Waals surface area contributed by atoms with Crippen LogP contribution in [-0.2, 0) is 9.53 Å². The summed E-state index contributed by atoms with van der Waals surface area (Å²) in [5.41, 5.74) is 0. The lowest BCUT2D eigenvalue weighted by atomic mass is 9.97. The molecule has 0 aliphatic carbocycles. The molecule has 0 heterocycles. The van der Waals surface area contributed by atoms with Crippen LogP contribution in [0.3, 0.4) is 0 Å². The van der Waals surface area contributed by atoms with Crippen LogP contribution in [0, 0.1) is 5.92 Å². The lowest BCUT2D eigenvalue weighted by molar-refractivity contribution is -0.148. The maximum absolute atomic E-state index is 11.8. The average Bonchev–Trinajstić information content (AvgIpc) is 2.22. The van der Waals surface area contributed by atoms with E-state index in [0.717, 1.165) is 16.7 Å². The van der Waals surface area contributed by atoms with Crippen LogP contribution >= 0.6 is 0 Å². The highest BCUT2D eigenvalue weighted by molar-refractivity contribution is 6.26. The maximum atomic E-state index is 11.8. The van der Waals surface area contributed by atoms with Crippen LogP contribution < -0.4 is 0 Å². The second-order valence-corrected chi connectivity index (χ2v) is 7.50. The largest absolute Gasteiger partial charge is 0.466 e. The van der Waals surface area contributed by atoms with Crippen molar-refractivity contribution in [3.63, 3.8) is 0 Å². The number of hydrogen-bond donors (Lipinski definition) is 0. The molecule has 0 aromatic rings. The fourth-order valence-corrected chi connectivity index (χ4v) is 1.44. The zero-order chi connectivity index (χ0) is 12.6. The third-order valence-corrected chi connectivity index (χ3v) is 5.01. The van der Waals surface area contributed by atoms with Gasteiger partial charge in [0, 0.05) is 10.2 Å². The molecule has 3 heteroatoms. The Bertz CT molecular complexity index is 200. The van der Waals surface area contributed by atoms with Crippen LogP contribution in [-0.4, -0.2) is 22.8 Å². The highest BCUT2D eigenvalue weighted by atomic mass is 28.1. The molecule has 0 rings (SSSR count). The van der Waals surface area contributed by atoms with Crippen LogP contribution in [0.25, 0.3) is 0 Å². The van der Waals surface area contributed by atoms with E-state index in [2.05, 4.69) is 20.8 Å². The zero-order valence-electron chi connectivity index (χ0n) is 11.6. The Morgan fingerprint density at radius 1 is 1.25 bits per heavy atom. The van der Waals surface area contributed by atoms with E-state index in [9.17, 15) is 4.79 Å². The molecule has 1 unspecified atom stereocenters. The van der Waals surface area contributed by atoms with Gasteiger partial charge in [0.25, 0.3) is 0 Å². The van der Waals surface area contributed by atoms with Gasteiger partial charge in [-0.1, -0.05) is 53.4 Å². The smallest absolute Gasteiger partial charge is 0.308 e. The molecule has 0 saturated carbocycles. The standard InChI is InChI=1S/C13H28O2Si/c1-5-6-7-8-9-10-15-12(14)13(4,16)11(2)3/h11H,5-10H2,1-4,16H3. The highest BCUT2D eigenvalue weighted by Gasteiger charge is 2.32. The molecule has 16 heavy (non-hydrogen) atoms. The molecule has 0 amide bonds. The van der Waals surface area contributed by atoms with Crippen molar-refractivity contribution >= 4 is 16.2 Å². The molecule has 0 bridgehead atoms. The Balaban J connectivity index is 3.66. The molecule has 96 valence electrons. The van der Waals surface area contributed by atoms with Gasteiger partial charge in [-0.3, -0.25) is 4.79 Å². The number of rotatable bonds is 8. The molecule has 0 aromatic heterocycles. The maximum Gasteiger partial charge on any atom is 0.308 e. The van der Waals surface area contributed by atoms with E-state index in [1.807, 2.05) is 6.92 Å². The molecule has 0 N–H and O–H groups in total. The van der Waals surface area contributed by atoms with Crippen LogP contribution in [0.1, 0.15) is 59.8 Å². The summed E-state index contributed by atoms with van der Waals surface area (Å²) in [5.74, 6) is 0.386. The number of hydrogen-bond acceptors (Lipinski definition) is 2. The first-order valence-electron chi connectivity index (χ1n) is 6.60. The van der Waals surface area contributed by atoms with Gasteiger partial charge in [0.2, 0.25) is 0 Å². The zero-order valence-corrected chi connectivity index (χ0v) is 13.6.